The number of halogens is 1. The summed E-state index contributed by atoms with van der Waals surface area (Å²) in [5.41, 5.74) is 0.431. The van der Waals surface area contributed by atoms with Crippen LogP contribution in [0.15, 0.2) is 41.0 Å². The third-order valence-electron chi connectivity index (χ3n) is 4.51. The van der Waals surface area contributed by atoms with Crippen LogP contribution in [0.5, 0.6) is 0 Å². The van der Waals surface area contributed by atoms with E-state index in [9.17, 15) is 9.18 Å². The average molecular weight is 359 g/mol. The van der Waals surface area contributed by atoms with Crippen LogP contribution in [-0.2, 0) is 11.3 Å². The highest BCUT2D eigenvalue weighted by molar-refractivity contribution is 7.22. The number of hydrogen-bond donors (Lipinski definition) is 1. The van der Waals surface area contributed by atoms with E-state index < -0.39 is 0 Å². The second kappa shape index (κ2) is 6.84. The number of anilines is 1. The molecule has 7 heteroatoms. The molecule has 3 aromatic rings. The molecule has 25 heavy (non-hydrogen) atoms. The second-order valence-electron chi connectivity index (χ2n) is 6.14. The zero-order valence-electron chi connectivity index (χ0n) is 13.6. The van der Waals surface area contributed by atoms with Gasteiger partial charge < -0.3 is 14.6 Å². The van der Waals surface area contributed by atoms with Gasteiger partial charge in [-0.1, -0.05) is 17.4 Å². The van der Waals surface area contributed by atoms with Gasteiger partial charge in [0.25, 0.3) is 0 Å². The summed E-state index contributed by atoms with van der Waals surface area (Å²) >= 11 is 1.50. The van der Waals surface area contributed by atoms with Crippen LogP contribution in [-0.4, -0.2) is 24.0 Å². The SMILES string of the molecule is O=C(NCc1ccco1)C1CCN(c2nc3c(F)cccc3s2)CC1. The molecule has 0 atom stereocenters. The van der Waals surface area contributed by atoms with E-state index >= 15 is 0 Å². The first kappa shape index (κ1) is 16.1. The number of fused-ring (bicyclic) bond motifs is 1. The van der Waals surface area contributed by atoms with Crippen LogP contribution in [0, 0.1) is 11.7 Å². The maximum Gasteiger partial charge on any atom is 0.223 e. The van der Waals surface area contributed by atoms with Gasteiger partial charge in [0.15, 0.2) is 5.13 Å². The largest absolute Gasteiger partial charge is 0.467 e. The van der Waals surface area contributed by atoms with E-state index in [2.05, 4.69) is 15.2 Å². The molecule has 3 heterocycles. The summed E-state index contributed by atoms with van der Waals surface area (Å²) in [6, 6.07) is 8.67. The van der Waals surface area contributed by atoms with Gasteiger partial charge in [-0.3, -0.25) is 4.79 Å². The molecule has 1 aliphatic rings. The Balaban J connectivity index is 1.35. The van der Waals surface area contributed by atoms with E-state index in [1.807, 2.05) is 12.1 Å². The zero-order valence-corrected chi connectivity index (χ0v) is 14.4. The zero-order chi connectivity index (χ0) is 17.2. The highest BCUT2D eigenvalue weighted by atomic mass is 32.1. The van der Waals surface area contributed by atoms with Crippen molar-refractivity contribution in [2.75, 3.05) is 18.0 Å². The lowest BCUT2D eigenvalue weighted by atomic mass is 9.96. The molecule has 5 nitrogen and oxygen atoms in total. The van der Waals surface area contributed by atoms with Crippen molar-refractivity contribution >= 4 is 32.6 Å². The van der Waals surface area contributed by atoms with Gasteiger partial charge >= 0.3 is 0 Å². The molecular formula is C18H18FN3O2S. The van der Waals surface area contributed by atoms with Crippen LogP contribution in [0.3, 0.4) is 0 Å². The first-order chi connectivity index (χ1) is 12.2. The molecule has 1 N–H and O–H groups in total. The molecule has 4 rings (SSSR count). The fourth-order valence-corrected chi connectivity index (χ4v) is 4.13. The lowest BCUT2D eigenvalue weighted by molar-refractivity contribution is -0.125. The van der Waals surface area contributed by atoms with Crippen molar-refractivity contribution in [1.82, 2.24) is 10.3 Å². The van der Waals surface area contributed by atoms with Crippen LogP contribution < -0.4 is 10.2 Å². The van der Waals surface area contributed by atoms with Crippen LogP contribution in [0.25, 0.3) is 10.2 Å². The number of amides is 1. The molecule has 1 amide bonds. The number of piperidine rings is 1. The number of aromatic nitrogens is 1. The predicted octanol–water partition coefficient (Wildman–Crippen LogP) is 3.56. The summed E-state index contributed by atoms with van der Waals surface area (Å²) < 4.78 is 19.9. The monoisotopic (exact) mass is 359 g/mol. The molecule has 0 unspecified atom stereocenters. The lowest BCUT2D eigenvalue weighted by Crippen LogP contribution is -2.40. The van der Waals surface area contributed by atoms with Gasteiger partial charge in [-0.15, -0.1) is 0 Å². The number of furan rings is 1. The highest BCUT2D eigenvalue weighted by Gasteiger charge is 2.26. The van der Waals surface area contributed by atoms with E-state index in [1.165, 1.54) is 17.4 Å². The Morgan fingerprint density at radius 1 is 1.32 bits per heavy atom. The van der Waals surface area contributed by atoms with Gasteiger partial charge in [0.2, 0.25) is 5.91 Å². The van der Waals surface area contributed by atoms with Crippen molar-refractivity contribution in [2.24, 2.45) is 5.92 Å². The average Bonchev–Trinajstić information content (AvgIpc) is 3.30. The van der Waals surface area contributed by atoms with Crippen molar-refractivity contribution in [3.63, 3.8) is 0 Å². The normalized spacial score (nSPS) is 15.6. The molecule has 130 valence electrons. The number of benzene rings is 1. The molecular weight excluding hydrogens is 341 g/mol. The molecule has 1 aromatic carbocycles. The number of nitrogens with one attached hydrogen (secondary N) is 1. The Morgan fingerprint density at radius 3 is 2.88 bits per heavy atom. The summed E-state index contributed by atoms with van der Waals surface area (Å²) in [6.07, 6.45) is 3.13. The lowest BCUT2D eigenvalue weighted by Gasteiger charge is -2.30. The predicted molar refractivity (Wildman–Crippen MR) is 95.1 cm³/mol. The van der Waals surface area contributed by atoms with Crippen molar-refractivity contribution in [2.45, 2.75) is 19.4 Å². The quantitative estimate of drug-likeness (QED) is 0.774. The van der Waals surface area contributed by atoms with Gasteiger partial charge in [0, 0.05) is 19.0 Å². The molecule has 0 bridgehead atoms. The van der Waals surface area contributed by atoms with Gasteiger partial charge in [-0.25, -0.2) is 9.37 Å². The van der Waals surface area contributed by atoms with Gasteiger partial charge in [0.1, 0.15) is 17.1 Å². The minimum atomic E-state index is -0.285. The molecule has 1 fully saturated rings. The molecule has 0 radical (unpaired) electrons. The summed E-state index contributed by atoms with van der Waals surface area (Å²) in [4.78, 5) is 18.9. The maximum absolute atomic E-state index is 13.8. The van der Waals surface area contributed by atoms with E-state index in [0.29, 0.717) is 12.1 Å². The molecule has 1 saturated heterocycles. The summed E-state index contributed by atoms with van der Waals surface area (Å²) in [5, 5.41) is 3.75. The smallest absolute Gasteiger partial charge is 0.223 e. The van der Waals surface area contributed by atoms with E-state index in [4.69, 9.17) is 4.42 Å². The Kier molecular flexibility index (Phi) is 4.40. The summed E-state index contributed by atoms with van der Waals surface area (Å²) in [5.74, 6) is 0.526. The summed E-state index contributed by atoms with van der Waals surface area (Å²) in [7, 11) is 0. The maximum atomic E-state index is 13.8. The van der Waals surface area contributed by atoms with Crippen LogP contribution in [0.2, 0.25) is 0 Å². The van der Waals surface area contributed by atoms with Gasteiger partial charge in [0.05, 0.1) is 17.5 Å². The third-order valence-corrected chi connectivity index (χ3v) is 5.59. The first-order valence-corrected chi connectivity index (χ1v) is 9.12. The molecule has 0 aliphatic carbocycles. The molecule has 0 saturated carbocycles. The fraction of sp³-hybridized carbons (Fsp3) is 0.333. The molecule has 0 spiro atoms. The van der Waals surface area contributed by atoms with Crippen LogP contribution in [0.4, 0.5) is 9.52 Å². The number of para-hydroxylation sites is 1. The number of thiazole rings is 1. The number of carbonyl (C=O) groups is 1. The van der Waals surface area contributed by atoms with Crippen LogP contribution >= 0.6 is 11.3 Å². The standard InChI is InChI=1S/C18H18FN3O2S/c19-14-4-1-5-15-16(14)21-18(25-15)22-8-6-12(7-9-22)17(23)20-11-13-3-2-10-24-13/h1-5,10,12H,6-9,11H2,(H,20,23). The first-order valence-electron chi connectivity index (χ1n) is 8.31. The topological polar surface area (TPSA) is 58.4 Å². The van der Waals surface area contributed by atoms with Gasteiger partial charge in [-0.2, -0.15) is 0 Å². The minimum absolute atomic E-state index is 0.00248. The number of carbonyl (C=O) groups excluding carboxylic acids is 1. The highest BCUT2D eigenvalue weighted by Crippen LogP contribution is 2.32. The van der Waals surface area contributed by atoms with Crippen molar-refractivity contribution in [3.05, 3.63) is 48.2 Å². The fourth-order valence-electron chi connectivity index (χ4n) is 3.10. The second-order valence-corrected chi connectivity index (χ2v) is 7.15. The Hall–Kier alpha value is -2.41. The van der Waals surface area contributed by atoms with Crippen molar-refractivity contribution in [3.8, 4) is 0 Å². The molecule has 2 aromatic heterocycles. The van der Waals surface area contributed by atoms with Crippen molar-refractivity contribution < 1.29 is 13.6 Å². The van der Waals surface area contributed by atoms with Crippen molar-refractivity contribution in [1.29, 1.82) is 0 Å². The van der Waals surface area contributed by atoms with E-state index in [1.54, 1.807) is 18.4 Å². The summed E-state index contributed by atoms with van der Waals surface area (Å²) in [6.45, 7) is 1.92. The van der Waals surface area contributed by atoms with Gasteiger partial charge in [-0.05, 0) is 37.1 Å². The number of nitrogens with zero attached hydrogens (tertiary/aromatic N) is 2. The number of hydrogen-bond acceptors (Lipinski definition) is 5. The molecule has 1 aliphatic heterocycles. The van der Waals surface area contributed by atoms with E-state index in [0.717, 1.165) is 41.5 Å². The van der Waals surface area contributed by atoms with E-state index in [-0.39, 0.29) is 17.6 Å². The Labute approximate surface area is 148 Å². The number of rotatable bonds is 4. The van der Waals surface area contributed by atoms with Crippen LogP contribution in [0.1, 0.15) is 18.6 Å². The Morgan fingerprint density at radius 2 is 2.16 bits per heavy atom. The minimum Gasteiger partial charge on any atom is -0.467 e. The third kappa shape index (κ3) is 3.37. The Bertz CT molecular complexity index is 870.